The van der Waals surface area contributed by atoms with E-state index in [1.165, 1.54) is 25.6 Å². The molecule has 1 aliphatic heterocycles. The maximum absolute atomic E-state index is 13.9. The Balaban J connectivity index is 1.24. The molecule has 39 heavy (non-hydrogen) atoms. The van der Waals surface area contributed by atoms with Crippen LogP contribution < -0.4 is 9.64 Å². The van der Waals surface area contributed by atoms with Crippen molar-refractivity contribution in [3.8, 4) is 28.3 Å². The first kappa shape index (κ1) is 24.9. The zero-order chi connectivity index (χ0) is 27.1. The number of hydrogen-bond acceptors (Lipinski definition) is 5. The third kappa shape index (κ3) is 4.80. The van der Waals surface area contributed by atoms with Crippen LogP contribution in [-0.4, -0.2) is 45.1 Å². The van der Waals surface area contributed by atoms with Gasteiger partial charge in [-0.2, -0.15) is 13.2 Å². The summed E-state index contributed by atoms with van der Waals surface area (Å²) in [6.45, 7) is 1.18. The molecule has 1 aliphatic rings. The van der Waals surface area contributed by atoms with E-state index in [4.69, 9.17) is 4.74 Å². The van der Waals surface area contributed by atoms with Gasteiger partial charge in [-0.3, -0.25) is 0 Å². The highest BCUT2D eigenvalue weighted by Crippen LogP contribution is 2.39. The standard InChI is InChI=1S/C28H24F4N6O/c1-39-20-8-4-17(5-9-20)23-24(28(30,31)32)37-25(36-23)18-10-12-38(13-11-18)27-21-14-22(35-26(21)33-15-34-27)16-2-6-19(29)7-3-16/h2-9,14-15,18H,10-13H2,1H3,(H,36,37)(H,33,34,35). The van der Waals surface area contributed by atoms with Crippen LogP contribution in [0.3, 0.4) is 0 Å². The molecule has 2 aromatic carbocycles. The molecule has 0 atom stereocenters. The first-order chi connectivity index (χ1) is 18.8. The molecule has 2 N–H and O–H groups in total. The second-order valence-corrected chi connectivity index (χ2v) is 9.48. The minimum Gasteiger partial charge on any atom is -0.497 e. The van der Waals surface area contributed by atoms with Gasteiger partial charge in [0.2, 0.25) is 0 Å². The van der Waals surface area contributed by atoms with Gasteiger partial charge < -0.3 is 19.6 Å². The van der Waals surface area contributed by atoms with Crippen LogP contribution in [-0.2, 0) is 6.18 Å². The van der Waals surface area contributed by atoms with E-state index >= 15 is 0 Å². The number of hydrogen-bond donors (Lipinski definition) is 2. The summed E-state index contributed by atoms with van der Waals surface area (Å²) in [5.74, 6) is 1.17. The predicted octanol–water partition coefficient (Wildman–Crippen LogP) is 6.57. The quantitative estimate of drug-likeness (QED) is 0.249. The Morgan fingerprint density at radius 3 is 2.28 bits per heavy atom. The van der Waals surface area contributed by atoms with E-state index in [1.807, 2.05) is 6.07 Å². The van der Waals surface area contributed by atoms with Crippen molar-refractivity contribution in [2.75, 3.05) is 25.1 Å². The first-order valence-corrected chi connectivity index (χ1v) is 12.5. The molecular formula is C28H24F4N6O. The molecule has 0 saturated carbocycles. The average molecular weight is 537 g/mol. The van der Waals surface area contributed by atoms with Crippen LogP contribution in [0.25, 0.3) is 33.5 Å². The number of nitrogens with zero attached hydrogens (tertiary/aromatic N) is 4. The number of anilines is 1. The van der Waals surface area contributed by atoms with Crippen molar-refractivity contribution >= 4 is 16.9 Å². The van der Waals surface area contributed by atoms with E-state index in [0.717, 1.165) is 22.5 Å². The number of benzene rings is 2. The van der Waals surface area contributed by atoms with Crippen molar-refractivity contribution < 1.29 is 22.3 Å². The molecule has 0 aliphatic carbocycles. The molecule has 7 nitrogen and oxygen atoms in total. The van der Waals surface area contributed by atoms with Crippen molar-refractivity contribution in [1.29, 1.82) is 0 Å². The lowest BCUT2D eigenvalue weighted by Gasteiger charge is -2.32. The number of ether oxygens (including phenoxy) is 1. The number of nitrogens with one attached hydrogen (secondary N) is 2. The number of imidazole rings is 1. The van der Waals surface area contributed by atoms with Gasteiger partial charge in [0.05, 0.1) is 18.2 Å². The Labute approximate surface area is 220 Å². The highest BCUT2D eigenvalue weighted by Gasteiger charge is 2.39. The molecule has 1 fully saturated rings. The van der Waals surface area contributed by atoms with Gasteiger partial charge in [-0.1, -0.05) is 0 Å². The Morgan fingerprint density at radius 2 is 1.62 bits per heavy atom. The second kappa shape index (κ2) is 9.72. The number of halogens is 4. The van der Waals surface area contributed by atoms with Crippen LogP contribution in [0.4, 0.5) is 23.4 Å². The van der Waals surface area contributed by atoms with E-state index in [2.05, 4.69) is 29.8 Å². The number of aromatic amines is 2. The van der Waals surface area contributed by atoms with E-state index in [-0.39, 0.29) is 17.4 Å². The molecule has 200 valence electrons. The molecule has 4 heterocycles. The molecule has 0 unspecified atom stereocenters. The SMILES string of the molecule is COc1ccc(-c2[nH]c(C3CCN(c4ncnc5[nH]c(-c6ccc(F)cc6)cc45)CC3)nc2C(F)(F)F)cc1. The Kier molecular flexibility index (Phi) is 6.20. The Bertz CT molecular complexity index is 1600. The van der Waals surface area contributed by atoms with Crippen LogP contribution >= 0.6 is 0 Å². The number of fused-ring (bicyclic) bond motifs is 1. The summed E-state index contributed by atoms with van der Waals surface area (Å²) in [6, 6.07) is 14.5. The molecule has 1 saturated heterocycles. The summed E-state index contributed by atoms with van der Waals surface area (Å²) >= 11 is 0. The Hall–Kier alpha value is -4.41. The predicted molar refractivity (Wildman–Crippen MR) is 139 cm³/mol. The lowest BCUT2D eigenvalue weighted by atomic mass is 9.96. The van der Waals surface area contributed by atoms with Gasteiger partial charge >= 0.3 is 6.18 Å². The van der Waals surface area contributed by atoms with Gasteiger partial charge in [0.25, 0.3) is 0 Å². The van der Waals surface area contributed by atoms with Crippen molar-refractivity contribution in [3.63, 3.8) is 0 Å². The summed E-state index contributed by atoms with van der Waals surface area (Å²) in [7, 11) is 1.50. The van der Waals surface area contributed by atoms with Gasteiger partial charge in [0.1, 0.15) is 35.2 Å². The van der Waals surface area contributed by atoms with Crippen LogP contribution in [0.15, 0.2) is 60.9 Å². The molecule has 11 heteroatoms. The van der Waals surface area contributed by atoms with Gasteiger partial charge in [-0.25, -0.2) is 19.3 Å². The number of piperidine rings is 1. The summed E-state index contributed by atoms with van der Waals surface area (Å²) in [4.78, 5) is 21.2. The molecule has 3 aromatic heterocycles. The summed E-state index contributed by atoms with van der Waals surface area (Å²) in [6.07, 6.45) is -1.90. The average Bonchev–Trinajstić information content (AvgIpc) is 3.59. The van der Waals surface area contributed by atoms with E-state index in [0.29, 0.717) is 48.7 Å². The molecule has 5 aromatic rings. The number of aromatic nitrogens is 5. The van der Waals surface area contributed by atoms with E-state index < -0.39 is 11.9 Å². The van der Waals surface area contributed by atoms with E-state index in [1.54, 1.807) is 36.4 Å². The number of rotatable bonds is 5. The molecule has 6 rings (SSSR count). The van der Waals surface area contributed by atoms with Crippen LogP contribution in [0, 0.1) is 5.82 Å². The summed E-state index contributed by atoms with van der Waals surface area (Å²) in [5.41, 5.74) is 1.72. The molecular weight excluding hydrogens is 512 g/mol. The normalized spacial score (nSPS) is 14.7. The van der Waals surface area contributed by atoms with Gasteiger partial charge in [-0.15, -0.1) is 0 Å². The zero-order valence-electron chi connectivity index (χ0n) is 20.9. The lowest BCUT2D eigenvalue weighted by molar-refractivity contribution is -0.140. The maximum atomic E-state index is 13.9. The number of H-pyrrole nitrogens is 2. The third-order valence-corrected chi connectivity index (χ3v) is 7.11. The first-order valence-electron chi connectivity index (χ1n) is 12.5. The Morgan fingerprint density at radius 1 is 0.923 bits per heavy atom. The maximum Gasteiger partial charge on any atom is 0.435 e. The number of alkyl halides is 3. The van der Waals surface area contributed by atoms with E-state index in [9.17, 15) is 17.6 Å². The summed E-state index contributed by atoms with van der Waals surface area (Å²) in [5, 5.41) is 0.828. The van der Waals surface area contributed by atoms with Crippen LogP contribution in [0.1, 0.15) is 30.3 Å². The van der Waals surface area contributed by atoms with Gasteiger partial charge in [0.15, 0.2) is 5.69 Å². The monoisotopic (exact) mass is 536 g/mol. The fourth-order valence-electron chi connectivity index (χ4n) is 5.09. The highest BCUT2D eigenvalue weighted by molar-refractivity contribution is 5.92. The fraction of sp³-hybridized carbons (Fsp3) is 0.250. The molecule has 0 spiro atoms. The van der Waals surface area contributed by atoms with Crippen molar-refractivity contribution in [2.45, 2.75) is 24.9 Å². The van der Waals surface area contributed by atoms with Crippen molar-refractivity contribution in [2.24, 2.45) is 0 Å². The molecule has 0 radical (unpaired) electrons. The largest absolute Gasteiger partial charge is 0.497 e. The summed E-state index contributed by atoms with van der Waals surface area (Å²) < 4.78 is 60.1. The van der Waals surface area contributed by atoms with Crippen LogP contribution in [0.5, 0.6) is 5.75 Å². The van der Waals surface area contributed by atoms with Gasteiger partial charge in [-0.05, 0) is 73.0 Å². The topological polar surface area (TPSA) is 82.7 Å². The molecule has 0 amide bonds. The fourth-order valence-corrected chi connectivity index (χ4v) is 5.09. The van der Waals surface area contributed by atoms with Gasteiger partial charge in [0, 0.05) is 30.3 Å². The lowest BCUT2D eigenvalue weighted by Crippen LogP contribution is -2.34. The van der Waals surface area contributed by atoms with Crippen molar-refractivity contribution in [1.82, 2.24) is 24.9 Å². The highest BCUT2D eigenvalue weighted by atomic mass is 19.4. The number of methoxy groups -OCH3 is 1. The minimum atomic E-state index is -4.59. The van der Waals surface area contributed by atoms with Crippen LogP contribution in [0.2, 0.25) is 0 Å². The zero-order valence-corrected chi connectivity index (χ0v) is 20.9. The third-order valence-electron chi connectivity index (χ3n) is 7.11. The van der Waals surface area contributed by atoms with Crippen molar-refractivity contribution in [3.05, 3.63) is 78.3 Å². The minimum absolute atomic E-state index is 0.0410. The smallest absolute Gasteiger partial charge is 0.435 e. The second-order valence-electron chi connectivity index (χ2n) is 9.48. The molecule has 0 bridgehead atoms.